The number of hydrogen-bond donors (Lipinski definition) is 1. The lowest BCUT2D eigenvalue weighted by Gasteiger charge is -2.48. The minimum absolute atomic E-state index is 0.0893. The van der Waals surface area contributed by atoms with Gasteiger partial charge < -0.3 is 5.32 Å². The lowest BCUT2D eigenvalue weighted by atomic mass is 9.91. The van der Waals surface area contributed by atoms with E-state index in [4.69, 9.17) is 0 Å². The van der Waals surface area contributed by atoms with E-state index in [1.54, 1.807) is 0 Å². The average molecular weight is 305 g/mol. The van der Waals surface area contributed by atoms with Crippen LogP contribution < -0.4 is 5.32 Å². The highest BCUT2D eigenvalue weighted by Gasteiger charge is 2.36. The molecule has 4 nitrogen and oxygen atoms in total. The molecule has 0 spiro atoms. The Morgan fingerprint density at radius 3 is 2.45 bits per heavy atom. The zero-order valence-electron chi connectivity index (χ0n) is 13.6. The third-order valence-corrected chi connectivity index (χ3v) is 6.40. The first-order chi connectivity index (χ1) is 9.37. The molecule has 120 valence electrons. The van der Waals surface area contributed by atoms with E-state index in [2.05, 4.69) is 31.0 Å². The van der Waals surface area contributed by atoms with Gasteiger partial charge in [0, 0.05) is 37.0 Å². The van der Waals surface area contributed by atoms with Crippen molar-refractivity contribution in [3.8, 4) is 0 Å². The van der Waals surface area contributed by atoms with Crippen molar-refractivity contribution < 1.29 is 8.42 Å². The predicted molar refractivity (Wildman–Crippen MR) is 85.9 cm³/mol. The molecule has 0 aromatic rings. The van der Waals surface area contributed by atoms with E-state index in [0.717, 1.165) is 25.9 Å². The van der Waals surface area contributed by atoms with Crippen molar-refractivity contribution in [3.63, 3.8) is 0 Å². The van der Waals surface area contributed by atoms with Crippen LogP contribution in [0.4, 0.5) is 0 Å². The van der Waals surface area contributed by atoms with E-state index in [1.165, 1.54) is 6.42 Å². The molecule has 0 aromatic heterocycles. The smallest absolute Gasteiger partial charge is 0.151 e. The van der Waals surface area contributed by atoms with Gasteiger partial charge in [-0.25, -0.2) is 8.42 Å². The van der Waals surface area contributed by atoms with Gasteiger partial charge in [-0.3, -0.25) is 4.90 Å². The molecule has 1 heterocycles. The van der Waals surface area contributed by atoms with Crippen LogP contribution in [-0.4, -0.2) is 56.0 Å². The first-order valence-corrected chi connectivity index (χ1v) is 9.88. The first kappa shape index (κ1) is 17.9. The van der Waals surface area contributed by atoms with Crippen LogP contribution >= 0.6 is 0 Å². The molecule has 1 aliphatic heterocycles. The summed E-state index contributed by atoms with van der Waals surface area (Å²) in [6.07, 6.45) is 4.10. The largest absolute Gasteiger partial charge is 0.311 e. The molecule has 0 saturated carbocycles. The van der Waals surface area contributed by atoms with Crippen LogP contribution in [0.2, 0.25) is 0 Å². The van der Waals surface area contributed by atoms with Crippen LogP contribution in [0.3, 0.4) is 0 Å². The second-order valence-electron chi connectivity index (χ2n) is 6.31. The zero-order chi connectivity index (χ0) is 15.2. The molecular formula is C15H32N2O2S. The fourth-order valence-corrected chi connectivity index (χ4v) is 4.27. The van der Waals surface area contributed by atoms with Gasteiger partial charge in [-0.15, -0.1) is 0 Å². The number of nitrogens with one attached hydrogen (secondary N) is 1. The minimum atomic E-state index is -2.88. The molecule has 0 aliphatic carbocycles. The average Bonchev–Trinajstić information content (AvgIpc) is 2.40. The standard InChI is InChI=1S/C15H32N2O2S/c1-5-8-14-12-17(15(4,7-3)13-16-14)9-11-20(18,19)10-6-2/h14,16H,5-13H2,1-4H3. The van der Waals surface area contributed by atoms with Crippen molar-refractivity contribution in [1.29, 1.82) is 0 Å². The van der Waals surface area contributed by atoms with Gasteiger partial charge in [0.05, 0.1) is 5.75 Å². The van der Waals surface area contributed by atoms with E-state index >= 15 is 0 Å². The summed E-state index contributed by atoms with van der Waals surface area (Å²) in [5, 5.41) is 3.62. The molecule has 0 aromatic carbocycles. The summed E-state index contributed by atoms with van der Waals surface area (Å²) in [4.78, 5) is 2.40. The fraction of sp³-hybridized carbons (Fsp3) is 1.00. The van der Waals surface area contributed by atoms with Crippen LogP contribution in [-0.2, 0) is 9.84 Å². The normalized spacial score (nSPS) is 28.7. The van der Waals surface area contributed by atoms with Gasteiger partial charge in [-0.05, 0) is 26.2 Å². The Morgan fingerprint density at radius 1 is 1.20 bits per heavy atom. The molecule has 2 atom stereocenters. The van der Waals surface area contributed by atoms with Crippen LogP contribution in [0.15, 0.2) is 0 Å². The topological polar surface area (TPSA) is 49.4 Å². The van der Waals surface area contributed by atoms with Crippen molar-refractivity contribution in [2.24, 2.45) is 0 Å². The van der Waals surface area contributed by atoms with Crippen LogP contribution in [0, 0.1) is 0 Å². The van der Waals surface area contributed by atoms with Crippen LogP contribution in [0.25, 0.3) is 0 Å². The van der Waals surface area contributed by atoms with E-state index in [0.29, 0.717) is 30.5 Å². The molecule has 1 saturated heterocycles. The van der Waals surface area contributed by atoms with E-state index in [1.807, 2.05) is 6.92 Å². The van der Waals surface area contributed by atoms with Crippen molar-refractivity contribution >= 4 is 9.84 Å². The van der Waals surface area contributed by atoms with Gasteiger partial charge in [-0.1, -0.05) is 27.2 Å². The molecule has 1 rings (SSSR count). The van der Waals surface area contributed by atoms with E-state index in [9.17, 15) is 8.42 Å². The summed E-state index contributed by atoms with van der Waals surface area (Å²) >= 11 is 0. The van der Waals surface area contributed by atoms with Gasteiger partial charge in [0.15, 0.2) is 9.84 Å². The van der Waals surface area contributed by atoms with Crippen molar-refractivity contribution in [2.75, 3.05) is 31.1 Å². The number of sulfone groups is 1. The predicted octanol–water partition coefficient (Wildman–Crippen LogP) is 2.05. The SMILES string of the molecule is CCCC1CN(CCS(=O)(=O)CCC)C(C)(CC)CN1. The van der Waals surface area contributed by atoms with Gasteiger partial charge in [-0.2, -0.15) is 0 Å². The summed E-state index contributed by atoms with van der Waals surface area (Å²) in [5.74, 6) is 0.621. The molecule has 0 amide bonds. The van der Waals surface area contributed by atoms with Crippen LogP contribution in [0.5, 0.6) is 0 Å². The molecule has 2 unspecified atom stereocenters. The van der Waals surface area contributed by atoms with Crippen molar-refractivity contribution in [3.05, 3.63) is 0 Å². The molecule has 1 aliphatic rings. The van der Waals surface area contributed by atoms with Crippen LogP contribution in [0.1, 0.15) is 53.4 Å². The van der Waals surface area contributed by atoms with Crippen molar-refractivity contribution in [1.82, 2.24) is 10.2 Å². The summed E-state index contributed by atoms with van der Waals surface area (Å²) in [6.45, 7) is 11.2. The lowest BCUT2D eigenvalue weighted by molar-refractivity contribution is 0.0528. The Morgan fingerprint density at radius 2 is 1.90 bits per heavy atom. The molecule has 20 heavy (non-hydrogen) atoms. The van der Waals surface area contributed by atoms with Gasteiger partial charge in [0.25, 0.3) is 0 Å². The molecule has 5 heteroatoms. The molecule has 1 N–H and O–H groups in total. The van der Waals surface area contributed by atoms with Gasteiger partial charge >= 0.3 is 0 Å². The third-order valence-electron chi connectivity index (χ3n) is 4.56. The summed E-state index contributed by atoms with van der Waals surface area (Å²) < 4.78 is 23.9. The number of rotatable bonds is 8. The Labute approximate surface area is 125 Å². The molecule has 0 radical (unpaired) electrons. The maximum absolute atomic E-state index is 11.9. The lowest BCUT2D eigenvalue weighted by Crippen LogP contribution is -2.63. The van der Waals surface area contributed by atoms with Gasteiger partial charge in [0.1, 0.15) is 0 Å². The minimum Gasteiger partial charge on any atom is -0.311 e. The highest BCUT2D eigenvalue weighted by molar-refractivity contribution is 7.91. The number of piperazine rings is 1. The number of hydrogen-bond acceptors (Lipinski definition) is 4. The van der Waals surface area contributed by atoms with Crippen molar-refractivity contribution in [2.45, 2.75) is 65.0 Å². The Balaban J connectivity index is 2.65. The highest BCUT2D eigenvalue weighted by Crippen LogP contribution is 2.24. The summed E-state index contributed by atoms with van der Waals surface area (Å²) in [6, 6.07) is 0.508. The van der Waals surface area contributed by atoms with E-state index in [-0.39, 0.29) is 5.54 Å². The molecule has 0 bridgehead atoms. The Hall–Kier alpha value is -0.130. The summed E-state index contributed by atoms with van der Waals surface area (Å²) in [5.41, 5.74) is 0.0893. The fourth-order valence-electron chi connectivity index (χ4n) is 2.94. The second-order valence-corrected chi connectivity index (χ2v) is 8.62. The van der Waals surface area contributed by atoms with E-state index < -0.39 is 9.84 Å². The quantitative estimate of drug-likeness (QED) is 0.746. The monoisotopic (exact) mass is 304 g/mol. The Bertz CT molecular complexity index is 383. The second kappa shape index (κ2) is 7.76. The molecule has 1 fully saturated rings. The third kappa shape index (κ3) is 5.01. The zero-order valence-corrected chi connectivity index (χ0v) is 14.4. The Kier molecular flexibility index (Phi) is 6.95. The number of nitrogens with zero attached hydrogens (tertiary/aromatic N) is 1. The maximum Gasteiger partial charge on any atom is 0.151 e. The highest BCUT2D eigenvalue weighted by atomic mass is 32.2. The maximum atomic E-state index is 11.9. The van der Waals surface area contributed by atoms with Gasteiger partial charge in [0.2, 0.25) is 0 Å². The summed E-state index contributed by atoms with van der Waals surface area (Å²) in [7, 11) is -2.88. The molecular weight excluding hydrogens is 272 g/mol. The first-order valence-electron chi connectivity index (χ1n) is 8.05.